The van der Waals surface area contributed by atoms with Crippen LogP contribution < -0.4 is 10.6 Å². The SMILES string of the molecule is CC[C@H](C)NC(=O)c1cccc(CNC(=O)c2ccsc2)c1. The molecule has 0 saturated carbocycles. The van der Waals surface area contributed by atoms with Gasteiger partial charge in [0.25, 0.3) is 11.8 Å². The van der Waals surface area contributed by atoms with E-state index in [9.17, 15) is 9.59 Å². The molecule has 0 bridgehead atoms. The molecule has 1 atom stereocenters. The van der Waals surface area contributed by atoms with Gasteiger partial charge in [-0.15, -0.1) is 0 Å². The average Bonchev–Trinajstić information content (AvgIpc) is 3.07. The van der Waals surface area contributed by atoms with E-state index in [1.807, 2.05) is 42.8 Å². The molecular formula is C17H20N2O2S. The van der Waals surface area contributed by atoms with Crippen molar-refractivity contribution < 1.29 is 9.59 Å². The van der Waals surface area contributed by atoms with Gasteiger partial charge in [0.1, 0.15) is 0 Å². The Balaban J connectivity index is 1.96. The Hall–Kier alpha value is -2.14. The predicted molar refractivity (Wildman–Crippen MR) is 89.2 cm³/mol. The molecule has 5 heteroatoms. The maximum Gasteiger partial charge on any atom is 0.252 e. The molecule has 0 unspecified atom stereocenters. The largest absolute Gasteiger partial charge is 0.350 e. The van der Waals surface area contributed by atoms with E-state index in [0.29, 0.717) is 17.7 Å². The van der Waals surface area contributed by atoms with Crippen LogP contribution in [0.15, 0.2) is 41.1 Å². The van der Waals surface area contributed by atoms with Gasteiger partial charge >= 0.3 is 0 Å². The zero-order valence-electron chi connectivity index (χ0n) is 12.8. The van der Waals surface area contributed by atoms with Crippen LogP contribution in [0.1, 0.15) is 46.5 Å². The fraction of sp³-hybridized carbons (Fsp3) is 0.294. The van der Waals surface area contributed by atoms with Gasteiger partial charge in [-0.05, 0) is 42.5 Å². The van der Waals surface area contributed by atoms with Crippen LogP contribution >= 0.6 is 11.3 Å². The van der Waals surface area contributed by atoms with Crippen LogP contribution in [-0.4, -0.2) is 17.9 Å². The van der Waals surface area contributed by atoms with Crippen molar-refractivity contribution in [2.75, 3.05) is 0 Å². The van der Waals surface area contributed by atoms with Crippen molar-refractivity contribution in [3.63, 3.8) is 0 Å². The van der Waals surface area contributed by atoms with E-state index >= 15 is 0 Å². The van der Waals surface area contributed by atoms with Crippen molar-refractivity contribution in [1.82, 2.24) is 10.6 Å². The smallest absolute Gasteiger partial charge is 0.252 e. The number of carbonyl (C=O) groups excluding carboxylic acids is 2. The normalized spacial score (nSPS) is 11.7. The summed E-state index contributed by atoms with van der Waals surface area (Å²) in [6.07, 6.45) is 0.891. The van der Waals surface area contributed by atoms with E-state index < -0.39 is 0 Å². The summed E-state index contributed by atoms with van der Waals surface area (Å²) in [6, 6.07) is 9.25. The number of hydrogen-bond donors (Lipinski definition) is 2. The predicted octanol–water partition coefficient (Wildman–Crippen LogP) is 3.21. The first-order valence-corrected chi connectivity index (χ1v) is 8.24. The van der Waals surface area contributed by atoms with E-state index in [1.165, 1.54) is 11.3 Å². The standard InChI is InChI=1S/C17H20N2O2S/c1-3-12(2)19-17(21)14-6-4-5-13(9-14)10-18-16(20)15-7-8-22-11-15/h4-9,11-12H,3,10H2,1-2H3,(H,18,20)(H,19,21)/t12-/m0/s1. The third kappa shape index (κ3) is 4.43. The van der Waals surface area contributed by atoms with E-state index in [-0.39, 0.29) is 17.9 Å². The highest BCUT2D eigenvalue weighted by Crippen LogP contribution is 2.08. The number of rotatable bonds is 6. The third-order valence-corrected chi connectivity index (χ3v) is 4.10. The zero-order chi connectivity index (χ0) is 15.9. The summed E-state index contributed by atoms with van der Waals surface area (Å²) in [5.41, 5.74) is 2.18. The van der Waals surface area contributed by atoms with E-state index in [2.05, 4.69) is 10.6 Å². The maximum absolute atomic E-state index is 12.1. The lowest BCUT2D eigenvalue weighted by Crippen LogP contribution is -2.32. The first kappa shape index (κ1) is 16.2. The van der Waals surface area contributed by atoms with Crippen LogP contribution in [0.5, 0.6) is 0 Å². The molecular weight excluding hydrogens is 296 g/mol. The second kappa shape index (κ2) is 7.75. The number of benzene rings is 1. The molecule has 0 aliphatic carbocycles. The summed E-state index contributed by atoms with van der Waals surface area (Å²) in [4.78, 5) is 24.0. The number of hydrogen-bond acceptors (Lipinski definition) is 3. The molecule has 2 aromatic rings. The lowest BCUT2D eigenvalue weighted by molar-refractivity contribution is 0.0936. The van der Waals surface area contributed by atoms with Crippen LogP contribution in [0.25, 0.3) is 0 Å². The molecule has 1 aromatic heterocycles. The van der Waals surface area contributed by atoms with Gasteiger partial charge in [-0.25, -0.2) is 0 Å². The summed E-state index contributed by atoms with van der Waals surface area (Å²) in [5, 5.41) is 9.47. The minimum absolute atomic E-state index is 0.0830. The molecule has 2 amide bonds. The van der Waals surface area contributed by atoms with Crippen molar-refractivity contribution in [2.24, 2.45) is 0 Å². The van der Waals surface area contributed by atoms with Gasteiger partial charge in [-0.1, -0.05) is 19.1 Å². The molecule has 0 aliphatic heterocycles. The van der Waals surface area contributed by atoms with Crippen molar-refractivity contribution in [2.45, 2.75) is 32.9 Å². The number of carbonyl (C=O) groups is 2. The summed E-state index contributed by atoms with van der Waals surface area (Å²) in [7, 11) is 0. The molecule has 0 radical (unpaired) electrons. The van der Waals surface area contributed by atoms with E-state index in [0.717, 1.165) is 12.0 Å². The molecule has 1 aromatic carbocycles. The van der Waals surface area contributed by atoms with Gasteiger partial charge in [-0.2, -0.15) is 11.3 Å². The Bertz CT molecular complexity index is 638. The van der Waals surface area contributed by atoms with Crippen molar-refractivity contribution >= 4 is 23.2 Å². The topological polar surface area (TPSA) is 58.2 Å². The second-order valence-electron chi connectivity index (χ2n) is 5.18. The number of nitrogens with one attached hydrogen (secondary N) is 2. The summed E-state index contributed by atoms with van der Waals surface area (Å²) in [5.74, 6) is -0.184. The molecule has 0 aliphatic rings. The van der Waals surface area contributed by atoms with Crippen molar-refractivity contribution in [1.29, 1.82) is 0 Å². The minimum Gasteiger partial charge on any atom is -0.350 e. The Morgan fingerprint density at radius 3 is 2.68 bits per heavy atom. The Morgan fingerprint density at radius 1 is 1.18 bits per heavy atom. The van der Waals surface area contributed by atoms with Crippen LogP contribution in [0.3, 0.4) is 0 Å². The maximum atomic E-state index is 12.1. The molecule has 2 N–H and O–H groups in total. The molecule has 0 fully saturated rings. The molecule has 22 heavy (non-hydrogen) atoms. The van der Waals surface area contributed by atoms with E-state index in [1.54, 1.807) is 12.1 Å². The third-order valence-electron chi connectivity index (χ3n) is 3.42. The first-order chi connectivity index (χ1) is 10.6. The first-order valence-electron chi connectivity index (χ1n) is 7.30. The van der Waals surface area contributed by atoms with Crippen LogP contribution in [0.2, 0.25) is 0 Å². The zero-order valence-corrected chi connectivity index (χ0v) is 13.6. The van der Waals surface area contributed by atoms with Crippen LogP contribution in [0.4, 0.5) is 0 Å². The van der Waals surface area contributed by atoms with Crippen molar-refractivity contribution in [3.05, 3.63) is 57.8 Å². The lowest BCUT2D eigenvalue weighted by Gasteiger charge is -2.12. The number of amides is 2. The van der Waals surface area contributed by atoms with Crippen LogP contribution in [-0.2, 0) is 6.54 Å². The highest BCUT2D eigenvalue weighted by molar-refractivity contribution is 7.08. The highest BCUT2D eigenvalue weighted by atomic mass is 32.1. The quantitative estimate of drug-likeness (QED) is 0.860. The second-order valence-corrected chi connectivity index (χ2v) is 5.96. The lowest BCUT2D eigenvalue weighted by atomic mass is 10.1. The summed E-state index contributed by atoms with van der Waals surface area (Å²) >= 11 is 1.49. The molecule has 0 saturated heterocycles. The molecule has 0 spiro atoms. The minimum atomic E-state index is -0.101. The van der Waals surface area contributed by atoms with Gasteiger partial charge in [-0.3, -0.25) is 9.59 Å². The molecule has 1 heterocycles. The Morgan fingerprint density at radius 2 is 2.00 bits per heavy atom. The summed E-state index contributed by atoms with van der Waals surface area (Å²) < 4.78 is 0. The van der Waals surface area contributed by atoms with Gasteiger partial charge < -0.3 is 10.6 Å². The fourth-order valence-corrected chi connectivity index (χ4v) is 2.55. The van der Waals surface area contributed by atoms with Gasteiger partial charge in [0.15, 0.2) is 0 Å². The Kier molecular flexibility index (Phi) is 5.72. The average molecular weight is 316 g/mol. The summed E-state index contributed by atoms with van der Waals surface area (Å²) in [6.45, 7) is 4.41. The molecule has 2 rings (SSSR count). The fourth-order valence-electron chi connectivity index (χ4n) is 1.91. The Labute approximate surface area is 134 Å². The number of thiophene rings is 1. The molecule has 116 valence electrons. The van der Waals surface area contributed by atoms with Crippen molar-refractivity contribution in [3.8, 4) is 0 Å². The van der Waals surface area contributed by atoms with Gasteiger partial charge in [0.05, 0.1) is 0 Å². The van der Waals surface area contributed by atoms with Gasteiger partial charge in [0.2, 0.25) is 0 Å². The molecule has 4 nitrogen and oxygen atoms in total. The van der Waals surface area contributed by atoms with Crippen LogP contribution in [0, 0.1) is 0 Å². The highest BCUT2D eigenvalue weighted by Gasteiger charge is 2.10. The van der Waals surface area contributed by atoms with E-state index in [4.69, 9.17) is 0 Å². The monoisotopic (exact) mass is 316 g/mol. The van der Waals surface area contributed by atoms with Gasteiger partial charge in [0, 0.05) is 29.1 Å².